The third-order valence-corrected chi connectivity index (χ3v) is 6.27. The van der Waals surface area contributed by atoms with Crippen molar-refractivity contribution in [3.8, 4) is 0 Å². The molecule has 0 aliphatic carbocycles. The van der Waals surface area contributed by atoms with Crippen LogP contribution >= 0.6 is 34.8 Å². The molecule has 29 heavy (non-hydrogen) atoms. The Morgan fingerprint density at radius 1 is 1.17 bits per heavy atom. The Morgan fingerprint density at radius 2 is 1.90 bits per heavy atom. The minimum atomic E-state index is 0.432. The molecule has 0 N–H and O–H groups in total. The van der Waals surface area contributed by atoms with E-state index in [-0.39, 0.29) is 0 Å². The van der Waals surface area contributed by atoms with Gasteiger partial charge in [0.05, 0.1) is 29.6 Å². The Labute approximate surface area is 184 Å². The lowest BCUT2D eigenvalue weighted by Crippen LogP contribution is -2.34. The van der Waals surface area contributed by atoms with Crippen molar-refractivity contribution in [2.75, 3.05) is 26.3 Å². The van der Waals surface area contributed by atoms with Gasteiger partial charge >= 0.3 is 0 Å². The van der Waals surface area contributed by atoms with E-state index in [2.05, 4.69) is 16.6 Å². The third-order valence-electron chi connectivity index (χ3n) is 5.29. The number of nitrogens with zero attached hydrogens (tertiary/aromatic N) is 4. The molecule has 3 aromatic rings. The second-order valence-electron chi connectivity index (χ2n) is 7.14. The van der Waals surface area contributed by atoms with Gasteiger partial charge in [0, 0.05) is 35.8 Å². The van der Waals surface area contributed by atoms with Crippen LogP contribution in [0.1, 0.15) is 28.1 Å². The van der Waals surface area contributed by atoms with Gasteiger partial charge in [-0.2, -0.15) is 5.10 Å². The van der Waals surface area contributed by atoms with Gasteiger partial charge in [0.15, 0.2) is 5.65 Å². The number of benzene rings is 1. The molecule has 2 aromatic heterocycles. The number of imidazole rings is 1. The number of ether oxygens (including phenoxy) is 1. The van der Waals surface area contributed by atoms with Gasteiger partial charge in [0.2, 0.25) is 0 Å². The first-order valence-corrected chi connectivity index (χ1v) is 10.5. The average Bonchev–Trinajstić information content (AvgIpc) is 3.01. The number of morpholine rings is 1. The molecule has 0 spiro atoms. The Morgan fingerprint density at radius 3 is 2.62 bits per heavy atom. The number of fused-ring (bicyclic) bond motifs is 1. The number of rotatable bonds is 4. The van der Waals surface area contributed by atoms with Crippen molar-refractivity contribution < 1.29 is 4.74 Å². The smallest absolute Gasteiger partial charge is 0.157 e. The van der Waals surface area contributed by atoms with E-state index in [9.17, 15) is 0 Å². The number of hydrogen-bond acceptors (Lipinski definition) is 4. The van der Waals surface area contributed by atoms with E-state index in [1.807, 2.05) is 26.0 Å². The molecule has 0 unspecified atom stereocenters. The third kappa shape index (κ3) is 3.84. The quantitative estimate of drug-likeness (QED) is 0.547. The number of halogens is 3. The van der Waals surface area contributed by atoms with Gasteiger partial charge in [-0.25, -0.2) is 9.50 Å². The number of hydrogen-bond donors (Lipinski definition) is 0. The second kappa shape index (κ2) is 8.15. The standard InChI is InChI=1S/C21H21Cl3N4O/c1-12-10-19(23)26-28-14(3)18(25-21(12)28)11-16-17(22)5-4-15(20(16)24)13(2)27-6-8-29-9-7-27/h4-5,10H,2,6-9,11H2,1,3H3. The Hall–Kier alpha value is -1.79. The van der Waals surface area contributed by atoms with Crippen molar-refractivity contribution in [2.24, 2.45) is 0 Å². The van der Waals surface area contributed by atoms with Gasteiger partial charge in [-0.1, -0.05) is 41.4 Å². The summed E-state index contributed by atoms with van der Waals surface area (Å²) >= 11 is 19.5. The molecule has 0 saturated carbocycles. The summed E-state index contributed by atoms with van der Waals surface area (Å²) in [6.45, 7) is 11.2. The van der Waals surface area contributed by atoms with Crippen LogP contribution in [0.4, 0.5) is 0 Å². The summed E-state index contributed by atoms with van der Waals surface area (Å²) in [5, 5.41) is 6.01. The van der Waals surface area contributed by atoms with E-state index in [1.165, 1.54) is 0 Å². The van der Waals surface area contributed by atoms with Gasteiger partial charge < -0.3 is 9.64 Å². The van der Waals surface area contributed by atoms with E-state index in [1.54, 1.807) is 10.6 Å². The summed E-state index contributed by atoms with van der Waals surface area (Å²) < 4.78 is 7.20. The zero-order chi connectivity index (χ0) is 20.7. The summed E-state index contributed by atoms with van der Waals surface area (Å²) in [5.74, 6) is 0. The molecule has 0 amide bonds. The van der Waals surface area contributed by atoms with E-state index in [0.717, 1.165) is 52.5 Å². The molecule has 1 aliphatic rings. The fourth-order valence-corrected chi connectivity index (χ4v) is 4.46. The number of aromatic nitrogens is 3. The fourth-order valence-electron chi connectivity index (χ4n) is 3.60. The van der Waals surface area contributed by atoms with Gasteiger partial charge in [0.1, 0.15) is 5.15 Å². The molecule has 0 radical (unpaired) electrons. The molecule has 1 fully saturated rings. The summed E-state index contributed by atoms with van der Waals surface area (Å²) in [5.41, 5.74) is 6.11. The molecule has 0 atom stereocenters. The van der Waals surface area contributed by atoms with Crippen molar-refractivity contribution in [3.05, 3.63) is 68.1 Å². The molecule has 1 aliphatic heterocycles. The monoisotopic (exact) mass is 450 g/mol. The summed E-state index contributed by atoms with van der Waals surface area (Å²) in [6, 6.07) is 5.60. The summed E-state index contributed by atoms with van der Waals surface area (Å²) in [7, 11) is 0. The maximum Gasteiger partial charge on any atom is 0.157 e. The van der Waals surface area contributed by atoms with Crippen LogP contribution < -0.4 is 0 Å². The Balaban J connectivity index is 1.72. The van der Waals surface area contributed by atoms with Gasteiger partial charge in [-0.3, -0.25) is 0 Å². The first kappa shape index (κ1) is 20.5. The van der Waals surface area contributed by atoms with Crippen molar-refractivity contribution >= 4 is 46.1 Å². The lowest BCUT2D eigenvalue weighted by atomic mass is 10.0. The normalized spacial score (nSPS) is 14.6. The Kier molecular flexibility index (Phi) is 5.76. The minimum Gasteiger partial charge on any atom is -0.378 e. The molecule has 8 heteroatoms. The molecule has 4 rings (SSSR count). The molecule has 1 aromatic carbocycles. The van der Waals surface area contributed by atoms with Gasteiger partial charge in [0.25, 0.3) is 0 Å². The van der Waals surface area contributed by atoms with Crippen LogP contribution in [0, 0.1) is 13.8 Å². The topological polar surface area (TPSA) is 42.7 Å². The lowest BCUT2D eigenvalue weighted by molar-refractivity contribution is 0.0641. The second-order valence-corrected chi connectivity index (χ2v) is 8.31. The lowest BCUT2D eigenvalue weighted by Gasteiger charge is -2.31. The molecular formula is C21H21Cl3N4O. The van der Waals surface area contributed by atoms with Crippen LogP contribution in [0.15, 0.2) is 24.8 Å². The van der Waals surface area contributed by atoms with Crippen LogP contribution in [0.2, 0.25) is 15.2 Å². The summed E-state index contributed by atoms with van der Waals surface area (Å²) in [6.07, 6.45) is 0.494. The van der Waals surface area contributed by atoms with Crippen LogP contribution in [0.5, 0.6) is 0 Å². The van der Waals surface area contributed by atoms with Crippen LogP contribution in [0.3, 0.4) is 0 Å². The molecule has 5 nitrogen and oxygen atoms in total. The maximum absolute atomic E-state index is 6.81. The molecular weight excluding hydrogens is 431 g/mol. The highest BCUT2D eigenvalue weighted by Gasteiger charge is 2.21. The van der Waals surface area contributed by atoms with Crippen molar-refractivity contribution in [2.45, 2.75) is 20.3 Å². The van der Waals surface area contributed by atoms with Crippen LogP contribution in [0.25, 0.3) is 11.3 Å². The van der Waals surface area contributed by atoms with Crippen molar-refractivity contribution in [3.63, 3.8) is 0 Å². The van der Waals surface area contributed by atoms with Gasteiger partial charge in [-0.15, -0.1) is 0 Å². The van der Waals surface area contributed by atoms with E-state index in [4.69, 9.17) is 44.5 Å². The Bertz CT molecular complexity index is 1100. The first-order valence-electron chi connectivity index (χ1n) is 9.37. The van der Waals surface area contributed by atoms with Gasteiger partial charge in [-0.05, 0) is 43.2 Å². The summed E-state index contributed by atoms with van der Waals surface area (Å²) in [4.78, 5) is 6.96. The zero-order valence-corrected chi connectivity index (χ0v) is 18.6. The van der Waals surface area contributed by atoms with Crippen LogP contribution in [-0.2, 0) is 11.2 Å². The highest BCUT2D eigenvalue weighted by molar-refractivity contribution is 6.37. The predicted molar refractivity (Wildman–Crippen MR) is 118 cm³/mol. The number of aryl methyl sites for hydroxylation is 2. The maximum atomic E-state index is 6.81. The van der Waals surface area contributed by atoms with Crippen molar-refractivity contribution in [1.82, 2.24) is 19.5 Å². The van der Waals surface area contributed by atoms with E-state index >= 15 is 0 Å². The molecule has 3 heterocycles. The molecule has 0 bridgehead atoms. The highest BCUT2D eigenvalue weighted by Crippen LogP contribution is 2.35. The van der Waals surface area contributed by atoms with Crippen LogP contribution in [-0.4, -0.2) is 45.8 Å². The van der Waals surface area contributed by atoms with E-state index < -0.39 is 0 Å². The van der Waals surface area contributed by atoms with E-state index in [0.29, 0.717) is 34.8 Å². The minimum absolute atomic E-state index is 0.432. The fraction of sp³-hybridized carbons (Fsp3) is 0.333. The molecule has 1 saturated heterocycles. The SMILES string of the molecule is C=C(c1ccc(Cl)c(Cc2nc3c(C)cc(Cl)nn3c2C)c1Cl)N1CCOCC1. The zero-order valence-electron chi connectivity index (χ0n) is 16.3. The average molecular weight is 452 g/mol. The van der Waals surface area contributed by atoms with Crippen molar-refractivity contribution in [1.29, 1.82) is 0 Å². The predicted octanol–water partition coefficient (Wildman–Crippen LogP) is 5.20. The largest absolute Gasteiger partial charge is 0.378 e. The molecule has 152 valence electrons. The highest BCUT2D eigenvalue weighted by atomic mass is 35.5. The first-order chi connectivity index (χ1) is 13.9.